The lowest BCUT2D eigenvalue weighted by molar-refractivity contribution is 0.0750. The van der Waals surface area contributed by atoms with Crippen molar-refractivity contribution in [1.82, 2.24) is 30.1 Å². The van der Waals surface area contributed by atoms with E-state index >= 15 is 0 Å². The summed E-state index contributed by atoms with van der Waals surface area (Å²) >= 11 is 0. The van der Waals surface area contributed by atoms with Gasteiger partial charge >= 0.3 is 5.69 Å². The number of alkyl halides is 2. The lowest BCUT2D eigenvalue weighted by Gasteiger charge is -2.41. The highest BCUT2D eigenvalue weighted by molar-refractivity contribution is 5.76. The molecule has 276 valence electrons. The zero-order valence-corrected chi connectivity index (χ0v) is 30.4. The third-order valence-electron chi connectivity index (χ3n) is 8.69. The molecule has 10 N–H and O–H groups in total. The largest absolute Gasteiger partial charge is 0.370 e. The van der Waals surface area contributed by atoms with Gasteiger partial charge in [-0.25, -0.2) is 13.6 Å². The second-order valence-electron chi connectivity index (χ2n) is 15.0. The summed E-state index contributed by atoms with van der Waals surface area (Å²) in [5, 5.41) is 14.5. The Morgan fingerprint density at radius 3 is 2.22 bits per heavy atom. The van der Waals surface area contributed by atoms with Gasteiger partial charge in [0.05, 0.1) is 11.7 Å². The molecule has 0 spiro atoms. The molecular formula is C37H53F2N11O. The van der Waals surface area contributed by atoms with Crippen LogP contribution in [0.4, 0.5) is 8.78 Å². The number of aromatic amines is 1. The van der Waals surface area contributed by atoms with E-state index in [2.05, 4.69) is 73.2 Å². The third-order valence-corrected chi connectivity index (χ3v) is 8.69. The lowest BCUT2D eigenvalue weighted by atomic mass is 9.86. The number of likely N-dealkylation sites (tertiary alicyclic amines) is 1. The van der Waals surface area contributed by atoms with Gasteiger partial charge in [0, 0.05) is 54.9 Å². The van der Waals surface area contributed by atoms with Crippen molar-refractivity contribution < 1.29 is 8.78 Å². The molecule has 51 heavy (non-hydrogen) atoms. The molecule has 0 bridgehead atoms. The van der Waals surface area contributed by atoms with E-state index in [-0.39, 0.29) is 34.5 Å². The molecule has 0 amide bonds. The minimum atomic E-state index is -2.48. The van der Waals surface area contributed by atoms with Crippen molar-refractivity contribution in [3.63, 3.8) is 0 Å². The molecule has 5 rings (SSSR count). The number of nitrogens with zero attached hydrogens (tertiary/aromatic N) is 4. The summed E-state index contributed by atoms with van der Waals surface area (Å²) in [5.74, 6) is 0.110. The summed E-state index contributed by atoms with van der Waals surface area (Å²) in [4.78, 5) is 25.5. The smallest absolute Gasteiger partial charge is 0.354 e. The Kier molecular flexibility index (Phi) is 12.6. The van der Waals surface area contributed by atoms with Crippen LogP contribution in [0, 0.1) is 5.41 Å². The molecule has 1 saturated heterocycles. The Hall–Kier alpha value is -4.82. The van der Waals surface area contributed by atoms with Crippen LogP contribution in [0.5, 0.6) is 0 Å². The number of fused-ring (bicyclic) bond motifs is 1. The van der Waals surface area contributed by atoms with Crippen molar-refractivity contribution >= 4 is 23.0 Å². The Balaban J connectivity index is 0.000000238. The number of nitrogens with two attached hydrogens (primary N) is 3. The first kappa shape index (κ1) is 39.0. The molecule has 1 aliphatic rings. The van der Waals surface area contributed by atoms with E-state index in [0.29, 0.717) is 30.8 Å². The van der Waals surface area contributed by atoms with E-state index in [0.717, 1.165) is 47.4 Å². The van der Waals surface area contributed by atoms with Crippen LogP contribution in [0.25, 0.3) is 16.7 Å². The van der Waals surface area contributed by atoms with E-state index in [1.54, 1.807) is 21.6 Å². The number of guanidine groups is 2. The summed E-state index contributed by atoms with van der Waals surface area (Å²) < 4.78 is 28.3. The molecule has 1 atom stereocenters. The van der Waals surface area contributed by atoms with Gasteiger partial charge in [-0.15, -0.1) is 0 Å². The number of hydrogen-bond donors (Lipinski definition) is 7. The molecule has 0 radical (unpaired) electrons. The van der Waals surface area contributed by atoms with Gasteiger partial charge < -0.3 is 32.4 Å². The minimum absolute atomic E-state index is 0.00223. The second kappa shape index (κ2) is 16.5. The van der Waals surface area contributed by atoms with Crippen molar-refractivity contribution in [2.45, 2.75) is 83.8 Å². The monoisotopic (exact) mass is 705 g/mol. The van der Waals surface area contributed by atoms with Gasteiger partial charge in [0.25, 0.3) is 6.43 Å². The normalized spacial score (nSPS) is 14.2. The Morgan fingerprint density at radius 1 is 1.02 bits per heavy atom. The highest BCUT2D eigenvalue weighted by Crippen LogP contribution is 2.28. The quantitative estimate of drug-likeness (QED) is 0.0685. The van der Waals surface area contributed by atoms with Gasteiger partial charge in [0.1, 0.15) is 5.65 Å². The zero-order chi connectivity index (χ0) is 37.5. The van der Waals surface area contributed by atoms with Crippen LogP contribution in [0.1, 0.15) is 76.4 Å². The second-order valence-corrected chi connectivity index (χ2v) is 15.0. The number of nitrogens with one attached hydrogen (secondary N) is 4. The summed E-state index contributed by atoms with van der Waals surface area (Å²) in [6, 6.07) is 16.2. The van der Waals surface area contributed by atoms with Crippen molar-refractivity contribution in [2.24, 2.45) is 22.2 Å². The highest BCUT2D eigenvalue weighted by Gasteiger charge is 2.33. The first-order chi connectivity index (χ1) is 23.9. The van der Waals surface area contributed by atoms with Crippen molar-refractivity contribution in [3.05, 3.63) is 93.7 Å². The molecule has 4 aromatic rings. The summed E-state index contributed by atoms with van der Waals surface area (Å²) in [7, 11) is 0. The van der Waals surface area contributed by atoms with Crippen LogP contribution in [0.2, 0.25) is 0 Å². The number of hydrogen-bond acceptors (Lipinski definition) is 6. The Labute approximate surface area is 298 Å². The number of H-pyrrole nitrogens is 1. The van der Waals surface area contributed by atoms with Crippen LogP contribution < -0.4 is 33.5 Å². The number of benzene rings is 2. The SMILES string of the molecule is CC(C)(C)c1cc2cn(-c3ccc(CNCCCN=C(N)N)cc3)c(=O)nc2[nH]1.CC(C)(C)c1ccc(C(NC2CN(C(=N)N)C2)C(F)F)cc1. The van der Waals surface area contributed by atoms with Crippen molar-refractivity contribution in [3.8, 4) is 5.69 Å². The van der Waals surface area contributed by atoms with Crippen LogP contribution >= 0.6 is 0 Å². The summed E-state index contributed by atoms with van der Waals surface area (Å²) in [5.41, 5.74) is 20.9. The Bertz CT molecular complexity index is 1830. The molecule has 3 heterocycles. The fourth-order valence-electron chi connectivity index (χ4n) is 5.54. The van der Waals surface area contributed by atoms with E-state index in [1.165, 1.54) is 0 Å². The van der Waals surface area contributed by atoms with Gasteiger partial charge in [-0.1, -0.05) is 77.9 Å². The summed E-state index contributed by atoms with van der Waals surface area (Å²) in [6.07, 6.45) is 0.226. The zero-order valence-electron chi connectivity index (χ0n) is 30.4. The fraction of sp³-hybridized carbons (Fsp3) is 0.459. The third kappa shape index (κ3) is 10.8. The number of aliphatic imine (C=N–C) groups is 1. The van der Waals surface area contributed by atoms with Crippen LogP contribution in [-0.4, -0.2) is 70.0 Å². The van der Waals surface area contributed by atoms with Gasteiger partial charge in [0.15, 0.2) is 11.9 Å². The molecule has 2 aromatic carbocycles. The van der Waals surface area contributed by atoms with Crippen molar-refractivity contribution in [1.29, 1.82) is 5.41 Å². The average molecular weight is 706 g/mol. The van der Waals surface area contributed by atoms with Gasteiger partial charge in [-0.05, 0) is 53.3 Å². The maximum atomic E-state index is 13.4. The Morgan fingerprint density at radius 2 is 1.67 bits per heavy atom. The molecule has 1 fully saturated rings. The topological polar surface area (TPSA) is 192 Å². The van der Waals surface area contributed by atoms with Gasteiger partial charge in [-0.3, -0.25) is 20.3 Å². The number of halogens is 2. The van der Waals surface area contributed by atoms with Crippen LogP contribution in [0.15, 0.2) is 70.6 Å². The van der Waals surface area contributed by atoms with E-state index in [9.17, 15) is 13.6 Å². The molecule has 14 heteroatoms. The maximum absolute atomic E-state index is 13.4. The maximum Gasteiger partial charge on any atom is 0.354 e. The average Bonchev–Trinajstić information content (AvgIpc) is 3.45. The standard InChI is InChI=1S/C21H29N7O.C16H24F2N4/c1-21(2,3)17-11-15-13-28(20(29)27-18(15)26-17)16-7-5-14(6-8-16)12-24-9-4-10-25-19(22)23;1-16(2,3)11-6-4-10(5-7-11)13(14(17)18)21-12-8-22(9-12)15(19)20/h5-8,11,13,24H,4,9-10,12H2,1-3H3,(H4,22,23,25)(H,26,27,29);4-7,12-14,21H,8-9H2,1-3H3,(H3,19,20). The molecule has 12 nitrogen and oxygen atoms in total. The number of aromatic nitrogens is 3. The van der Waals surface area contributed by atoms with Crippen LogP contribution in [0.3, 0.4) is 0 Å². The van der Waals surface area contributed by atoms with Crippen molar-refractivity contribution in [2.75, 3.05) is 26.2 Å². The fourth-order valence-corrected chi connectivity index (χ4v) is 5.54. The van der Waals surface area contributed by atoms with Gasteiger partial charge in [-0.2, -0.15) is 4.98 Å². The number of rotatable bonds is 11. The predicted octanol–water partition coefficient (Wildman–Crippen LogP) is 4.22. The van der Waals surface area contributed by atoms with E-state index in [4.69, 9.17) is 22.6 Å². The molecule has 0 aliphatic carbocycles. The van der Waals surface area contributed by atoms with Gasteiger partial charge in [0.2, 0.25) is 0 Å². The first-order valence-corrected chi connectivity index (χ1v) is 17.1. The summed E-state index contributed by atoms with van der Waals surface area (Å²) in [6.45, 7) is 15.8. The van der Waals surface area contributed by atoms with E-state index in [1.807, 2.05) is 42.6 Å². The van der Waals surface area contributed by atoms with E-state index < -0.39 is 12.5 Å². The first-order valence-electron chi connectivity index (χ1n) is 17.1. The molecular weight excluding hydrogens is 652 g/mol. The molecule has 0 saturated carbocycles. The molecule has 1 unspecified atom stereocenters. The highest BCUT2D eigenvalue weighted by atomic mass is 19.3. The van der Waals surface area contributed by atoms with Crippen LogP contribution in [-0.2, 0) is 17.4 Å². The predicted molar refractivity (Wildman–Crippen MR) is 202 cm³/mol. The minimum Gasteiger partial charge on any atom is -0.370 e. The lowest BCUT2D eigenvalue weighted by Crippen LogP contribution is -2.62. The molecule has 2 aromatic heterocycles. The molecule has 1 aliphatic heterocycles.